The Morgan fingerprint density at radius 2 is 2.29 bits per heavy atom. The van der Waals surface area contributed by atoms with Crippen LogP contribution in [-0.2, 0) is 0 Å². The number of aliphatic hydroxyl groups is 1. The van der Waals surface area contributed by atoms with Crippen LogP contribution in [0, 0.1) is 0 Å². The monoisotopic (exact) mass is 261 g/mol. The summed E-state index contributed by atoms with van der Waals surface area (Å²) in [5, 5.41) is 12.1. The Bertz CT molecular complexity index is 275. The highest BCUT2D eigenvalue weighted by Crippen LogP contribution is 2.24. The smallest absolute Gasteiger partial charge is 0.134 e. The molecule has 0 saturated carbocycles. The summed E-state index contributed by atoms with van der Waals surface area (Å²) < 4.78 is 6.31. The van der Waals surface area contributed by atoms with E-state index in [4.69, 9.17) is 9.52 Å². The number of hydrogen-bond donors (Lipinski definition) is 2. The number of halogens is 1. The zero-order valence-electron chi connectivity index (χ0n) is 8.46. The van der Waals surface area contributed by atoms with Crippen LogP contribution in [0.1, 0.15) is 32.1 Å². The number of furan rings is 1. The Morgan fingerprint density at radius 3 is 2.79 bits per heavy atom. The van der Waals surface area contributed by atoms with Gasteiger partial charge >= 0.3 is 0 Å². The minimum Gasteiger partial charge on any atom is -0.466 e. The minimum atomic E-state index is 0.154. The molecule has 1 rings (SSSR count). The van der Waals surface area contributed by atoms with Gasteiger partial charge in [-0.15, -0.1) is 0 Å². The van der Waals surface area contributed by atoms with Crippen LogP contribution in [0.15, 0.2) is 21.2 Å². The first kappa shape index (κ1) is 11.8. The molecule has 0 aliphatic rings. The van der Waals surface area contributed by atoms with Gasteiger partial charge in [-0.3, -0.25) is 0 Å². The van der Waals surface area contributed by atoms with E-state index in [0.29, 0.717) is 0 Å². The van der Waals surface area contributed by atoms with Crippen LogP contribution in [0.5, 0.6) is 0 Å². The third kappa shape index (κ3) is 3.12. The van der Waals surface area contributed by atoms with E-state index in [1.54, 1.807) is 6.26 Å². The lowest BCUT2D eigenvalue weighted by Crippen LogP contribution is -2.29. The molecule has 0 saturated heterocycles. The predicted octanol–water partition coefficient (Wildman–Crippen LogP) is 2.46. The van der Waals surface area contributed by atoms with Crippen LogP contribution in [0.2, 0.25) is 0 Å². The fourth-order valence-corrected chi connectivity index (χ4v) is 1.94. The zero-order valence-corrected chi connectivity index (χ0v) is 10.0. The van der Waals surface area contributed by atoms with Crippen molar-refractivity contribution in [3.05, 3.63) is 22.6 Å². The average molecular weight is 262 g/mol. The Balaban J connectivity index is 2.50. The van der Waals surface area contributed by atoms with Gasteiger partial charge in [0.25, 0.3) is 0 Å². The van der Waals surface area contributed by atoms with Crippen molar-refractivity contribution in [2.75, 3.05) is 6.61 Å². The van der Waals surface area contributed by atoms with Gasteiger partial charge in [-0.05, 0) is 42.3 Å². The molecule has 80 valence electrons. The number of rotatable bonds is 5. The molecule has 4 heteroatoms. The van der Waals surface area contributed by atoms with Crippen LogP contribution in [-0.4, -0.2) is 17.8 Å². The number of aliphatic hydroxyl groups excluding tert-OH is 1. The Hall–Kier alpha value is -0.320. The maximum Gasteiger partial charge on any atom is 0.134 e. The van der Waals surface area contributed by atoms with Gasteiger partial charge < -0.3 is 14.8 Å². The average Bonchev–Trinajstić information content (AvgIpc) is 2.51. The van der Waals surface area contributed by atoms with Crippen molar-refractivity contribution in [1.82, 2.24) is 5.32 Å². The molecule has 3 nitrogen and oxygen atoms in total. The van der Waals surface area contributed by atoms with Gasteiger partial charge in [-0.2, -0.15) is 0 Å². The van der Waals surface area contributed by atoms with Crippen LogP contribution >= 0.6 is 15.9 Å². The Labute approximate surface area is 92.6 Å². The van der Waals surface area contributed by atoms with Crippen molar-refractivity contribution in [2.24, 2.45) is 0 Å². The highest BCUT2D eigenvalue weighted by Gasteiger charge is 2.14. The van der Waals surface area contributed by atoms with Crippen LogP contribution in [0.25, 0.3) is 0 Å². The zero-order chi connectivity index (χ0) is 10.6. The van der Waals surface area contributed by atoms with Crippen LogP contribution in [0.3, 0.4) is 0 Å². The number of hydrogen-bond acceptors (Lipinski definition) is 3. The van der Waals surface area contributed by atoms with E-state index in [9.17, 15) is 0 Å². The summed E-state index contributed by atoms with van der Waals surface area (Å²) in [6.45, 7) is 4.29. The van der Waals surface area contributed by atoms with Gasteiger partial charge in [-0.1, -0.05) is 0 Å². The van der Waals surface area contributed by atoms with Crippen LogP contribution in [0.4, 0.5) is 0 Å². The fourth-order valence-electron chi connectivity index (χ4n) is 1.39. The molecule has 2 N–H and O–H groups in total. The maximum atomic E-state index is 8.76. The van der Waals surface area contributed by atoms with Gasteiger partial charge in [0, 0.05) is 12.6 Å². The highest BCUT2D eigenvalue weighted by molar-refractivity contribution is 9.10. The van der Waals surface area contributed by atoms with Gasteiger partial charge in [0.2, 0.25) is 0 Å². The van der Waals surface area contributed by atoms with Crippen molar-refractivity contribution in [1.29, 1.82) is 0 Å². The molecule has 0 aliphatic heterocycles. The van der Waals surface area contributed by atoms with E-state index < -0.39 is 0 Å². The molecule has 1 aromatic heterocycles. The third-order valence-electron chi connectivity index (χ3n) is 2.13. The molecule has 0 radical (unpaired) electrons. The Morgan fingerprint density at radius 1 is 1.57 bits per heavy atom. The molecule has 0 spiro atoms. The van der Waals surface area contributed by atoms with E-state index in [-0.39, 0.29) is 18.7 Å². The topological polar surface area (TPSA) is 45.4 Å². The summed E-state index contributed by atoms with van der Waals surface area (Å²) in [7, 11) is 0. The molecular weight excluding hydrogens is 246 g/mol. The summed E-state index contributed by atoms with van der Waals surface area (Å²) in [5.41, 5.74) is 0. The van der Waals surface area contributed by atoms with Gasteiger partial charge in [0.15, 0.2) is 0 Å². The molecule has 1 heterocycles. The summed E-state index contributed by atoms with van der Waals surface area (Å²) >= 11 is 3.41. The predicted molar refractivity (Wildman–Crippen MR) is 59.1 cm³/mol. The molecule has 0 amide bonds. The fraction of sp³-hybridized carbons (Fsp3) is 0.600. The largest absolute Gasteiger partial charge is 0.466 e. The molecule has 1 aromatic rings. The summed E-state index contributed by atoms with van der Waals surface area (Å²) in [6, 6.07) is 2.32. The summed E-state index contributed by atoms with van der Waals surface area (Å²) in [6.07, 6.45) is 2.41. The van der Waals surface area contributed by atoms with Gasteiger partial charge in [0.05, 0.1) is 16.8 Å². The van der Waals surface area contributed by atoms with E-state index in [2.05, 4.69) is 21.2 Å². The molecule has 14 heavy (non-hydrogen) atoms. The molecule has 0 aromatic carbocycles. The van der Waals surface area contributed by atoms with E-state index >= 15 is 0 Å². The van der Waals surface area contributed by atoms with Gasteiger partial charge in [0.1, 0.15) is 5.76 Å². The summed E-state index contributed by atoms with van der Waals surface area (Å²) in [5.74, 6) is 0.898. The molecular formula is C10H16BrNO2. The standard InChI is InChI=1S/C10H16BrNO2/c1-7(3-5-13)12-8(2)10-9(11)4-6-14-10/h4,6-8,12-13H,3,5H2,1-2H3. The lowest BCUT2D eigenvalue weighted by atomic mass is 10.2. The number of nitrogens with one attached hydrogen (secondary N) is 1. The molecule has 0 aliphatic carbocycles. The SMILES string of the molecule is CC(CCO)NC(C)c1occc1Br. The molecule has 2 atom stereocenters. The Kier molecular flexibility index (Phi) is 4.65. The first-order valence-corrected chi connectivity index (χ1v) is 5.54. The van der Waals surface area contributed by atoms with Crippen molar-refractivity contribution in [3.8, 4) is 0 Å². The second-order valence-corrected chi connectivity index (χ2v) is 4.29. The van der Waals surface area contributed by atoms with Crippen LogP contribution < -0.4 is 5.32 Å². The van der Waals surface area contributed by atoms with Crippen molar-refractivity contribution >= 4 is 15.9 Å². The minimum absolute atomic E-state index is 0.154. The first-order chi connectivity index (χ1) is 6.65. The molecule has 0 fully saturated rings. The normalized spacial score (nSPS) is 15.4. The van der Waals surface area contributed by atoms with Gasteiger partial charge in [-0.25, -0.2) is 0 Å². The highest BCUT2D eigenvalue weighted by atomic mass is 79.9. The quantitative estimate of drug-likeness (QED) is 0.856. The second kappa shape index (κ2) is 5.53. The lowest BCUT2D eigenvalue weighted by molar-refractivity contribution is 0.261. The molecule has 0 bridgehead atoms. The van der Waals surface area contributed by atoms with E-state index in [1.165, 1.54) is 0 Å². The summed E-state index contributed by atoms with van der Waals surface area (Å²) in [4.78, 5) is 0. The lowest BCUT2D eigenvalue weighted by Gasteiger charge is -2.17. The van der Waals surface area contributed by atoms with E-state index in [1.807, 2.05) is 19.9 Å². The second-order valence-electron chi connectivity index (χ2n) is 3.43. The van der Waals surface area contributed by atoms with Crippen molar-refractivity contribution in [2.45, 2.75) is 32.4 Å². The van der Waals surface area contributed by atoms with E-state index in [0.717, 1.165) is 16.7 Å². The maximum absolute atomic E-state index is 8.76. The third-order valence-corrected chi connectivity index (χ3v) is 2.79. The van der Waals surface area contributed by atoms with Crippen molar-refractivity contribution < 1.29 is 9.52 Å². The first-order valence-electron chi connectivity index (χ1n) is 4.75. The van der Waals surface area contributed by atoms with Crippen molar-refractivity contribution in [3.63, 3.8) is 0 Å². The molecule has 2 unspecified atom stereocenters.